The summed E-state index contributed by atoms with van der Waals surface area (Å²) in [5, 5.41) is 6.54. The Kier molecular flexibility index (Phi) is 5.00. The van der Waals surface area contributed by atoms with Crippen LogP contribution in [0.1, 0.15) is 18.4 Å². The van der Waals surface area contributed by atoms with Crippen molar-refractivity contribution in [2.45, 2.75) is 18.4 Å². The third-order valence-corrected chi connectivity index (χ3v) is 5.06. The summed E-state index contributed by atoms with van der Waals surface area (Å²) in [4.78, 5) is 13.5. The van der Waals surface area contributed by atoms with E-state index in [1.807, 2.05) is 4.90 Å². The van der Waals surface area contributed by atoms with E-state index in [1.165, 1.54) is 5.56 Å². The molecule has 2 fully saturated rings. The van der Waals surface area contributed by atoms with Gasteiger partial charge in [0.15, 0.2) is 0 Å². The lowest BCUT2D eigenvalue weighted by Gasteiger charge is -2.39. The highest BCUT2D eigenvalue weighted by molar-refractivity contribution is 9.10. The van der Waals surface area contributed by atoms with Gasteiger partial charge in [-0.1, -0.05) is 28.1 Å². The molecule has 2 heterocycles. The Bertz CT molecular complexity index is 515. The molecule has 2 aliphatic heterocycles. The summed E-state index contributed by atoms with van der Waals surface area (Å²) in [7, 11) is 0. The number of ether oxygens (including phenoxy) is 1. The number of halogens is 1. The van der Waals surface area contributed by atoms with Crippen LogP contribution in [0.15, 0.2) is 28.7 Å². The van der Waals surface area contributed by atoms with E-state index in [-0.39, 0.29) is 11.6 Å². The van der Waals surface area contributed by atoms with E-state index >= 15 is 0 Å². The average Bonchev–Trinajstić information content (AvgIpc) is 2.94. The van der Waals surface area contributed by atoms with E-state index in [2.05, 4.69) is 50.8 Å². The molecule has 0 bridgehead atoms. The molecule has 0 unspecified atom stereocenters. The molecule has 0 saturated carbocycles. The Morgan fingerprint density at radius 1 is 1.27 bits per heavy atom. The molecule has 0 aromatic heterocycles. The first-order valence-electron chi connectivity index (χ1n) is 7.81. The molecule has 2 aliphatic rings. The number of nitrogens with zero attached hydrogens (tertiary/aromatic N) is 1. The fourth-order valence-corrected chi connectivity index (χ4v) is 3.48. The lowest BCUT2D eigenvalue weighted by Crippen LogP contribution is -2.49. The lowest BCUT2D eigenvalue weighted by molar-refractivity contribution is 0.0361. The second kappa shape index (κ2) is 6.98. The van der Waals surface area contributed by atoms with E-state index < -0.39 is 0 Å². The molecule has 3 rings (SSSR count). The molecule has 6 heteroatoms. The van der Waals surface area contributed by atoms with Gasteiger partial charge in [0.2, 0.25) is 0 Å². The largest absolute Gasteiger partial charge is 0.381 e. The van der Waals surface area contributed by atoms with Crippen LogP contribution in [0.4, 0.5) is 4.79 Å². The van der Waals surface area contributed by atoms with Crippen molar-refractivity contribution in [3.05, 3.63) is 34.3 Å². The van der Waals surface area contributed by atoms with Crippen LogP contribution in [-0.4, -0.2) is 50.3 Å². The first kappa shape index (κ1) is 15.8. The second-order valence-electron chi connectivity index (χ2n) is 5.85. The minimum atomic E-state index is -0.0465. The summed E-state index contributed by atoms with van der Waals surface area (Å²) in [6.07, 6.45) is 1.92. The van der Waals surface area contributed by atoms with Crippen LogP contribution in [0.3, 0.4) is 0 Å². The number of urea groups is 1. The van der Waals surface area contributed by atoms with Crippen molar-refractivity contribution in [3.8, 4) is 0 Å². The lowest BCUT2D eigenvalue weighted by atomic mass is 9.82. The maximum Gasteiger partial charge on any atom is 0.317 e. The fraction of sp³-hybridized carbons (Fsp3) is 0.562. The quantitative estimate of drug-likeness (QED) is 0.837. The Morgan fingerprint density at radius 2 is 2.00 bits per heavy atom. The van der Waals surface area contributed by atoms with E-state index in [0.717, 1.165) is 56.7 Å². The molecule has 1 aromatic carbocycles. The Labute approximate surface area is 139 Å². The van der Waals surface area contributed by atoms with Gasteiger partial charge in [-0.05, 0) is 30.5 Å². The Hall–Kier alpha value is -1.11. The SMILES string of the molecule is O=C1NCCN1CCNC1(c2ccc(Br)cc2)CCOCC1. The van der Waals surface area contributed by atoms with Crippen LogP contribution < -0.4 is 10.6 Å². The molecule has 0 radical (unpaired) electrons. The van der Waals surface area contributed by atoms with Crippen LogP contribution >= 0.6 is 15.9 Å². The van der Waals surface area contributed by atoms with Gasteiger partial charge in [-0.2, -0.15) is 0 Å². The summed E-state index contributed by atoms with van der Waals surface area (Å²) >= 11 is 3.49. The highest BCUT2D eigenvalue weighted by atomic mass is 79.9. The molecule has 1 aromatic rings. The maximum absolute atomic E-state index is 11.6. The highest BCUT2D eigenvalue weighted by Gasteiger charge is 2.34. The summed E-state index contributed by atoms with van der Waals surface area (Å²) < 4.78 is 6.63. The van der Waals surface area contributed by atoms with Gasteiger partial charge in [-0.15, -0.1) is 0 Å². The van der Waals surface area contributed by atoms with Crippen molar-refractivity contribution in [1.29, 1.82) is 0 Å². The van der Waals surface area contributed by atoms with Crippen molar-refractivity contribution < 1.29 is 9.53 Å². The number of hydrogen-bond donors (Lipinski definition) is 2. The van der Waals surface area contributed by atoms with Gasteiger partial charge in [-0.3, -0.25) is 0 Å². The van der Waals surface area contributed by atoms with Crippen LogP contribution in [-0.2, 0) is 10.3 Å². The summed E-state index contributed by atoms with van der Waals surface area (Å²) in [5.74, 6) is 0. The molecule has 2 amide bonds. The van der Waals surface area contributed by atoms with Gasteiger partial charge in [0.05, 0.1) is 0 Å². The summed E-state index contributed by atoms with van der Waals surface area (Å²) in [5.41, 5.74) is 1.25. The first-order valence-corrected chi connectivity index (χ1v) is 8.61. The molecular weight excluding hydrogens is 346 g/mol. The number of amides is 2. The smallest absolute Gasteiger partial charge is 0.317 e. The zero-order valence-electron chi connectivity index (χ0n) is 12.6. The highest BCUT2D eigenvalue weighted by Crippen LogP contribution is 2.32. The third-order valence-electron chi connectivity index (χ3n) is 4.53. The second-order valence-corrected chi connectivity index (χ2v) is 6.76. The number of hydrogen-bond acceptors (Lipinski definition) is 3. The topological polar surface area (TPSA) is 53.6 Å². The van der Waals surface area contributed by atoms with Crippen LogP contribution in [0.25, 0.3) is 0 Å². The van der Waals surface area contributed by atoms with Gasteiger partial charge in [0.1, 0.15) is 0 Å². The zero-order chi connectivity index (χ0) is 15.4. The molecule has 120 valence electrons. The van der Waals surface area contributed by atoms with Gasteiger partial charge in [0.25, 0.3) is 0 Å². The van der Waals surface area contributed by atoms with Crippen molar-refractivity contribution in [2.24, 2.45) is 0 Å². The molecule has 2 N–H and O–H groups in total. The van der Waals surface area contributed by atoms with E-state index in [0.29, 0.717) is 0 Å². The minimum absolute atomic E-state index is 0.0465. The first-order chi connectivity index (χ1) is 10.7. The number of benzene rings is 1. The van der Waals surface area contributed by atoms with E-state index in [4.69, 9.17) is 4.74 Å². The minimum Gasteiger partial charge on any atom is -0.381 e. The normalized spacial score (nSPS) is 21.0. The van der Waals surface area contributed by atoms with Crippen molar-refractivity contribution in [1.82, 2.24) is 15.5 Å². The monoisotopic (exact) mass is 367 g/mol. The number of nitrogens with one attached hydrogen (secondary N) is 2. The Morgan fingerprint density at radius 3 is 2.64 bits per heavy atom. The number of carbonyl (C=O) groups is 1. The Balaban J connectivity index is 1.66. The molecule has 0 spiro atoms. The average molecular weight is 368 g/mol. The molecule has 2 saturated heterocycles. The summed E-state index contributed by atoms with van der Waals surface area (Å²) in [6, 6.07) is 8.56. The van der Waals surface area contributed by atoms with E-state index in [9.17, 15) is 4.79 Å². The summed E-state index contributed by atoms with van der Waals surface area (Å²) in [6.45, 7) is 4.63. The van der Waals surface area contributed by atoms with Crippen LogP contribution in [0.2, 0.25) is 0 Å². The maximum atomic E-state index is 11.6. The van der Waals surface area contributed by atoms with Gasteiger partial charge < -0.3 is 20.3 Å². The molecule has 22 heavy (non-hydrogen) atoms. The molecule has 5 nitrogen and oxygen atoms in total. The third kappa shape index (κ3) is 3.45. The zero-order valence-corrected chi connectivity index (χ0v) is 14.2. The van der Waals surface area contributed by atoms with Crippen molar-refractivity contribution >= 4 is 22.0 Å². The van der Waals surface area contributed by atoms with Crippen molar-refractivity contribution in [3.63, 3.8) is 0 Å². The number of rotatable bonds is 5. The van der Waals surface area contributed by atoms with E-state index in [1.54, 1.807) is 0 Å². The van der Waals surface area contributed by atoms with Gasteiger partial charge >= 0.3 is 6.03 Å². The van der Waals surface area contributed by atoms with Gasteiger partial charge in [-0.25, -0.2) is 4.79 Å². The standard InChI is InChI=1S/C16H22BrN3O2/c17-14-3-1-13(2-4-14)16(5-11-22-12-6-16)19-8-10-20-9-7-18-15(20)21/h1-4,19H,5-12H2,(H,18,21). The predicted octanol–water partition coefficient (Wildman–Crippen LogP) is 2.07. The molecular formula is C16H22BrN3O2. The van der Waals surface area contributed by atoms with Gasteiger partial charge in [0, 0.05) is 49.4 Å². The van der Waals surface area contributed by atoms with Crippen molar-refractivity contribution in [2.75, 3.05) is 39.4 Å². The molecule has 0 atom stereocenters. The van der Waals surface area contributed by atoms with Crippen LogP contribution in [0.5, 0.6) is 0 Å². The van der Waals surface area contributed by atoms with Crippen LogP contribution in [0, 0.1) is 0 Å². The predicted molar refractivity (Wildman–Crippen MR) is 88.8 cm³/mol. The number of carbonyl (C=O) groups excluding carboxylic acids is 1. The molecule has 0 aliphatic carbocycles. The fourth-order valence-electron chi connectivity index (χ4n) is 3.21.